The number of ether oxygens (including phenoxy) is 1. The summed E-state index contributed by atoms with van der Waals surface area (Å²) in [6, 6.07) is 4.15. The molecule has 0 atom stereocenters. The van der Waals surface area contributed by atoms with Gasteiger partial charge in [-0.05, 0) is 18.2 Å². The number of nitrogens with two attached hydrogens (primary N) is 1. The fourth-order valence-corrected chi connectivity index (χ4v) is 1.69. The molecule has 0 radical (unpaired) electrons. The zero-order valence-corrected chi connectivity index (χ0v) is 11.1. The summed E-state index contributed by atoms with van der Waals surface area (Å²) in [7, 11) is 1.48. The SMILES string of the molecule is COc1ccc(F)cc1C(C)(C)CNC(=O)C(N)=O. The van der Waals surface area contributed by atoms with Crippen LogP contribution in [0, 0.1) is 5.82 Å². The number of nitrogens with one attached hydrogen (secondary N) is 1. The first-order valence-corrected chi connectivity index (χ1v) is 5.69. The summed E-state index contributed by atoms with van der Waals surface area (Å²) in [4.78, 5) is 21.8. The highest BCUT2D eigenvalue weighted by Crippen LogP contribution is 2.31. The molecule has 6 heteroatoms. The molecule has 1 aromatic carbocycles. The molecule has 104 valence electrons. The van der Waals surface area contributed by atoms with Gasteiger partial charge in [-0.2, -0.15) is 0 Å². The van der Waals surface area contributed by atoms with Gasteiger partial charge < -0.3 is 15.8 Å². The molecule has 0 bridgehead atoms. The Morgan fingerprint density at radius 3 is 2.58 bits per heavy atom. The van der Waals surface area contributed by atoms with E-state index in [9.17, 15) is 14.0 Å². The summed E-state index contributed by atoms with van der Waals surface area (Å²) >= 11 is 0. The minimum absolute atomic E-state index is 0.134. The Labute approximate surface area is 110 Å². The van der Waals surface area contributed by atoms with Crippen LogP contribution in [-0.4, -0.2) is 25.5 Å². The Bertz CT molecular complexity index is 501. The van der Waals surface area contributed by atoms with Crippen molar-refractivity contribution >= 4 is 11.8 Å². The van der Waals surface area contributed by atoms with Gasteiger partial charge in [-0.1, -0.05) is 13.8 Å². The van der Waals surface area contributed by atoms with Crippen molar-refractivity contribution in [1.82, 2.24) is 5.32 Å². The Morgan fingerprint density at radius 2 is 2.05 bits per heavy atom. The standard InChI is InChI=1S/C13H17FN2O3/c1-13(2,7-16-12(18)11(15)17)9-6-8(14)4-5-10(9)19-3/h4-6H,7H2,1-3H3,(H2,15,17)(H,16,18). The minimum Gasteiger partial charge on any atom is -0.496 e. The number of hydrogen-bond donors (Lipinski definition) is 2. The van der Waals surface area contributed by atoms with E-state index in [0.717, 1.165) is 0 Å². The molecule has 0 aliphatic heterocycles. The van der Waals surface area contributed by atoms with Crippen LogP contribution in [0.25, 0.3) is 0 Å². The molecule has 1 aromatic rings. The van der Waals surface area contributed by atoms with Crippen LogP contribution in [0.15, 0.2) is 18.2 Å². The lowest BCUT2D eigenvalue weighted by Crippen LogP contribution is -2.42. The van der Waals surface area contributed by atoms with Crippen LogP contribution in [0.5, 0.6) is 5.75 Å². The molecule has 0 heterocycles. The highest BCUT2D eigenvalue weighted by atomic mass is 19.1. The van der Waals surface area contributed by atoms with Gasteiger partial charge in [0.15, 0.2) is 0 Å². The van der Waals surface area contributed by atoms with Crippen molar-refractivity contribution in [1.29, 1.82) is 0 Å². The van der Waals surface area contributed by atoms with Crippen LogP contribution in [-0.2, 0) is 15.0 Å². The average Bonchev–Trinajstić information content (AvgIpc) is 2.35. The molecule has 19 heavy (non-hydrogen) atoms. The molecule has 0 saturated carbocycles. The van der Waals surface area contributed by atoms with Crippen LogP contribution < -0.4 is 15.8 Å². The van der Waals surface area contributed by atoms with Gasteiger partial charge >= 0.3 is 11.8 Å². The van der Waals surface area contributed by atoms with E-state index < -0.39 is 23.0 Å². The van der Waals surface area contributed by atoms with Gasteiger partial charge in [0.05, 0.1) is 7.11 Å². The number of primary amides is 1. The zero-order valence-electron chi connectivity index (χ0n) is 11.1. The molecule has 0 fully saturated rings. The maximum Gasteiger partial charge on any atom is 0.309 e. The van der Waals surface area contributed by atoms with Crippen molar-refractivity contribution in [2.75, 3.05) is 13.7 Å². The Balaban J connectivity index is 2.96. The van der Waals surface area contributed by atoms with Gasteiger partial charge in [-0.15, -0.1) is 0 Å². The first-order valence-electron chi connectivity index (χ1n) is 5.69. The van der Waals surface area contributed by atoms with E-state index in [1.165, 1.54) is 25.3 Å². The zero-order chi connectivity index (χ0) is 14.6. The third kappa shape index (κ3) is 3.67. The predicted octanol–water partition coefficient (Wildman–Crippen LogP) is 0.713. The van der Waals surface area contributed by atoms with E-state index in [1.807, 2.05) is 0 Å². The van der Waals surface area contributed by atoms with Crippen LogP contribution >= 0.6 is 0 Å². The number of methoxy groups -OCH3 is 1. The Morgan fingerprint density at radius 1 is 1.42 bits per heavy atom. The van der Waals surface area contributed by atoms with E-state index in [1.54, 1.807) is 13.8 Å². The van der Waals surface area contributed by atoms with E-state index >= 15 is 0 Å². The second-order valence-corrected chi connectivity index (χ2v) is 4.78. The van der Waals surface area contributed by atoms with Crippen LogP contribution in [0.4, 0.5) is 4.39 Å². The summed E-state index contributed by atoms with van der Waals surface area (Å²) in [6.45, 7) is 3.73. The molecule has 2 amide bonds. The molecule has 0 aliphatic carbocycles. The van der Waals surface area contributed by atoms with Gasteiger partial charge in [-0.3, -0.25) is 9.59 Å². The molecule has 3 N–H and O–H groups in total. The molecule has 0 unspecified atom stereocenters. The van der Waals surface area contributed by atoms with E-state index in [-0.39, 0.29) is 6.54 Å². The number of carbonyl (C=O) groups is 2. The first-order chi connectivity index (χ1) is 8.77. The normalized spacial score (nSPS) is 10.9. The summed E-state index contributed by atoms with van der Waals surface area (Å²) in [5.41, 5.74) is 4.83. The topological polar surface area (TPSA) is 81.4 Å². The molecule has 0 spiro atoms. The van der Waals surface area contributed by atoms with E-state index in [4.69, 9.17) is 10.5 Å². The average molecular weight is 268 g/mol. The third-order valence-electron chi connectivity index (χ3n) is 2.81. The molecule has 1 rings (SSSR count). The van der Waals surface area contributed by atoms with Crippen LogP contribution in [0.2, 0.25) is 0 Å². The highest BCUT2D eigenvalue weighted by molar-refractivity contribution is 6.34. The fraction of sp³-hybridized carbons (Fsp3) is 0.385. The number of rotatable bonds is 4. The van der Waals surface area contributed by atoms with Crippen molar-refractivity contribution in [2.45, 2.75) is 19.3 Å². The highest BCUT2D eigenvalue weighted by Gasteiger charge is 2.26. The minimum atomic E-state index is -1.05. The quantitative estimate of drug-likeness (QED) is 0.789. The Hall–Kier alpha value is -2.11. The molecule has 0 aliphatic rings. The maximum absolute atomic E-state index is 13.3. The van der Waals surface area contributed by atoms with Gasteiger partial charge in [0.2, 0.25) is 0 Å². The number of halogens is 1. The smallest absolute Gasteiger partial charge is 0.309 e. The monoisotopic (exact) mass is 268 g/mol. The molecule has 5 nitrogen and oxygen atoms in total. The van der Waals surface area contributed by atoms with Crippen molar-refractivity contribution in [3.8, 4) is 5.75 Å². The number of benzene rings is 1. The van der Waals surface area contributed by atoms with Crippen molar-refractivity contribution in [2.24, 2.45) is 5.73 Å². The maximum atomic E-state index is 13.3. The molecular weight excluding hydrogens is 251 g/mol. The molecular formula is C13H17FN2O3. The van der Waals surface area contributed by atoms with Gasteiger partial charge in [0.25, 0.3) is 0 Å². The van der Waals surface area contributed by atoms with Gasteiger partial charge in [-0.25, -0.2) is 4.39 Å². The van der Waals surface area contributed by atoms with E-state index in [2.05, 4.69) is 5.32 Å². The second-order valence-electron chi connectivity index (χ2n) is 4.78. The van der Waals surface area contributed by atoms with Crippen molar-refractivity contribution < 1.29 is 18.7 Å². The van der Waals surface area contributed by atoms with Gasteiger partial charge in [0, 0.05) is 17.5 Å². The Kier molecular flexibility index (Phi) is 4.47. The summed E-state index contributed by atoms with van der Waals surface area (Å²) in [6.07, 6.45) is 0. The second kappa shape index (κ2) is 5.69. The predicted molar refractivity (Wildman–Crippen MR) is 68.2 cm³/mol. The first kappa shape index (κ1) is 14.9. The van der Waals surface area contributed by atoms with Gasteiger partial charge in [0.1, 0.15) is 11.6 Å². The lowest BCUT2D eigenvalue weighted by molar-refractivity contribution is -0.137. The lowest BCUT2D eigenvalue weighted by Gasteiger charge is -2.27. The van der Waals surface area contributed by atoms with Crippen LogP contribution in [0.1, 0.15) is 19.4 Å². The number of carbonyl (C=O) groups excluding carboxylic acids is 2. The summed E-state index contributed by atoms with van der Waals surface area (Å²) < 4.78 is 18.5. The summed E-state index contributed by atoms with van der Waals surface area (Å²) in [5.74, 6) is -1.81. The lowest BCUT2D eigenvalue weighted by atomic mass is 9.83. The van der Waals surface area contributed by atoms with Crippen LogP contribution in [0.3, 0.4) is 0 Å². The van der Waals surface area contributed by atoms with E-state index in [0.29, 0.717) is 11.3 Å². The molecule has 0 saturated heterocycles. The number of amides is 2. The third-order valence-corrected chi connectivity index (χ3v) is 2.81. The summed E-state index contributed by atoms with van der Waals surface area (Å²) in [5, 5.41) is 2.40. The molecule has 0 aromatic heterocycles. The van der Waals surface area contributed by atoms with Crippen molar-refractivity contribution in [3.63, 3.8) is 0 Å². The van der Waals surface area contributed by atoms with Crippen molar-refractivity contribution in [3.05, 3.63) is 29.6 Å². The number of hydrogen-bond acceptors (Lipinski definition) is 3. The largest absolute Gasteiger partial charge is 0.496 e. The fourth-order valence-electron chi connectivity index (χ4n) is 1.69.